The first-order valence-corrected chi connectivity index (χ1v) is 6.51. The molecule has 0 radical (unpaired) electrons. The van der Waals surface area contributed by atoms with Gasteiger partial charge >= 0.3 is 6.01 Å². The fraction of sp³-hybridized carbons (Fsp3) is 0.571. The zero-order valence-corrected chi connectivity index (χ0v) is 10.1. The van der Waals surface area contributed by atoms with Gasteiger partial charge in [0.2, 0.25) is 21.9 Å². The molecule has 0 fully saturated rings. The van der Waals surface area contributed by atoms with Crippen LogP contribution in [-0.2, 0) is 10.0 Å². The summed E-state index contributed by atoms with van der Waals surface area (Å²) in [4.78, 5) is 11.4. The summed E-state index contributed by atoms with van der Waals surface area (Å²) in [6.07, 6.45) is 0. The molecule has 1 aromatic heterocycles. The van der Waals surface area contributed by atoms with Crippen molar-refractivity contribution >= 4 is 21.9 Å². The number of primary sulfonamides is 1. The second kappa shape index (κ2) is 5.59. The third kappa shape index (κ3) is 5.26. The number of sulfonamides is 1. The fourth-order valence-corrected chi connectivity index (χ4v) is 1.34. The molecule has 0 saturated carbocycles. The van der Waals surface area contributed by atoms with E-state index in [-0.39, 0.29) is 30.2 Å². The lowest BCUT2D eigenvalue weighted by atomic mass is 10.7. The molecule has 0 spiro atoms. The molecule has 1 heterocycles. The van der Waals surface area contributed by atoms with Crippen LogP contribution in [0.3, 0.4) is 0 Å². The molecule has 0 aromatic carbocycles. The standard InChI is InChI=1S/C7H14N6O3S/c1-2-16-7-12-5(8)11-6(13-7)10-3-4-17(9,14)15/h2-4H2,1H3,(H2,9,14,15)(H3,8,10,11,12,13). The molecule has 0 atom stereocenters. The van der Waals surface area contributed by atoms with E-state index in [9.17, 15) is 8.42 Å². The van der Waals surface area contributed by atoms with E-state index in [4.69, 9.17) is 15.6 Å². The highest BCUT2D eigenvalue weighted by molar-refractivity contribution is 7.89. The van der Waals surface area contributed by atoms with Crippen molar-refractivity contribution in [1.82, 2.24) is 15.0 Å². The summed E-state index contributed by atoms with van der Waals surface area (Å²) in [5.74, 6) is -0.103. The Morgan fingerprint density at radius 2 is 2.06 bits per heavy atom. The van der Waals surface area contributed by atoms with Crippen molar-refractivity contribution in [2.45, 2.75) is 6.92 Å². The monoisotopic (exact) mass is 262 g/mol. The molecule has 0 saturated heterocycles. The first kappa shape index (κ1) is 13.4. The maximum atomic E-state index is 10.7. The van der Waals surface area contributed by atoms with Crippen molar-refractivity contribution in [2.75, 3.05) is 30.0 Å². The van der Waals surface area contributed by atoms with Crippen molar-refractivity contribution in [3.8, 4) is 6.01 Å². The summed E-state index contributed by atoms with van der Waals surface area (Å²) in [6.45, 7) is 2.24. The lowest BCUT2D eigenvalue weighted by Crippen LogP contribution is -2.23. The van der Waals surface area contributed by atoms with E-state index < -0.39 is 10.0 Å². The Labute approximate surface area is 98.7 Å². The lowest BCUT2D eigenvalue weighted by Gasteiger charge is -2.06. The molecule has 1 aromatic rings. The molecule has 0 amide bonds. The quantitative estimate of drug-likeness (QED) is 0.564. The first-order valence-electron chi connectivity index (χ1n) is 4.79. The van der Waals surface area contributed by atoms with Crippen LogP contribution in [0.4, 0.5) is 11.9 Å². The van der Waals surface area contributed by atoms with E-state index in [0.717, 1.165) is 0 Å². The number of nitrogens with one attached hydrogen (secondary N) is 1. The van der Waals surface area contributed by atoms with Gasteiger partial charge in [-0.1, -0.05) is 0 Å². The summed E-state index contributed by atoms with van der Waals surface area (Å²) in [7, 11) is -3.52. The molecular weight excluding hydrogens is 248 g/mol. The highest BCUT2D eigenvalue weighted by Crippen LogP contribution is 2.08. The lowest BCUT2D eigenvalue weighted by molar-refractivity contribution is 0.312. The van der Waals surface area contributed by atoms with Crippen molar-refractivity contribution in [3.05, 3.63) is 0 Å². The average molecular weight is 262 g/mol. The van der Waals surface area contributed by atoms with Crippen molar-refractivity contribution in [2.24, 2.45) is 5.14 Å². The van der Waals surface area contributed by atoms with Crippen LogP contribution in [0.1, 0.15) is 6.92 Å². The summed E-state index contributed by atoms with van der Waals surface area (Å²) >= 11 is 0. The van der Waals surface area contributed by atoms with Crippen molar-refractivity contribution < 1.29 is 13.2 Å². The number of anilines is 2. The third-order valence-corrected chi connectivity index (χ3v) is 2.35. The fourth-order valence-electron chi connectivity index (χ4n) is 0.950. The Morgan fingerprint density at radius 1 is 1.35 bits per heavy atom. The van der Waals surface area contributed by atoms with Gasteiger partial charge in [0.05, 0.1) is 12.4 Å². The zero-order chi connectivity index (χ0) is 12.9. The molecule has 0 aliphatic heterocycles. The minimum Gasteiger partial charge on any atom is -0.464 e. The highest BCUT2D eigenvalue weighted by Gasteiger charge is 2.06. The topological polar surface area (TPSA) is 146 Å². The predicted octanol–water partition coefficient (Wildman–Crippen LogP) is -1.45. The van der Waals surface area contributed by atoms with Crippen LogP contribution < -0.4 is 20.9 Å². The minimum atomic E-state index is -3.52. The molecule has 10 heteroatoms. The van der Waals surface area contributed by atoms with Gasteiger partial charge in [-0.05, 0) is 6.92 Å². The van der Waals surface area contributed by atoms with Gasteiger partial charge in [0, 0.05) is 6.54 Å². The van der Waals surface area contributed by atoms with Crippen LogP contribution in [-0.4, -0.2) is 42.3 Å². The Bertz CT molecular complexity index is 476. The van der Waals surface area contributed by atoms with E-state index in [2.05, 4.69) is 20.3 Å². The summed E-state index contributed by atoms with van der Waals surface area (Å²) < 4.78 is 26.4. The Hall–Kier alpha value is -1.68. The molecular formula is C7H14N6O3S. The molecule has 0 aliphatic rings. The Kier molecular flexibility index (Phi) is 4.40. The highest BCUT2D eigenvalue weighted by atomic mass is 32.2. The number of nitrogens with two attached hydrogens (primary N) is 2. The van der Waals surface area contributed by atoms with Gasteiger partial charge in [-0.3, -0.25) is 0 Å². The maximum Gasteiger partial charge on any atom is 0.323 e. The summed E-state index contributed by atoms with van der Waals surface area (Å²) in [5, 5.41) is 7.50. The second-order valence-electron chi connectivity index (χ2n) is 3.03. The number of nitrogen functional groups attached to an aromatic ring is 1. The van der Waals surface area contributed by atoms with E-state index in [0.29, 0.717) is 6.61 Å². The van der Waals surface area contributed by atoms with Crippen LogP contribution in [0.2, 0.25) is 0 Å². The van der Waals surface area contributed by atoms with Crippen LogP contribution in [0, 0.1) is 0 Å². The van der Waals surface area contributed by atoms with Gasteiger partial charge < -0.3 is 15.8 Å². The van der Waals surface area contributed by atoms with Crippen molar-refractivity contribution in [1.29, 1.82) is 0 Å². The number of nitrogens with zero attached hydrogens (tertiary/aromatic N) is 3. The average Bonchev–Trinajstić information content (AvgIpc) is 2.15. The number of rotatable bonds is 6. The SMILES string of the molecule is CCOc1nc(N)nc(NCCS(N)(=O)=O)n1. The molecule has 0 aliphatic carbocycles. The van der Waals surface area contributed by atoms with Crippen molar-refractivity contribution in [3.63, 3.8) is 0 Å². The van der Waals surface area contributed by atoms with Gasteiger partial charge in [-0.15, -0.1) is 0 Å². The number of ether oxygens (including phenoxy) is 1. The van der Waals surface area contributed by atoms with Crippen LogP contribution in [0.15, 0.2) is 0 Å². The number of hydrogen-bond donors (Lipinski definition) is 3. The van der Waals surface area contributed by atoms with E-state index >= 15 is 0 Å². The van der Waals surface area contributed by atoms with Gasteiger partial charge in [-0.25, -0.2) is 13.6 Å². The Morgan fingerprint density at radius 3 is 2.65 bits per heavy atom. The summed E-state index contributed by atoms with van der Waals surface area (Å²) in [6, 6.07) is 0.0816. The van der Waals surface area contributed by atoms with Crippen LogP contribution in [0.25, 0.3) is 0 Å². The minimum absolute atomic E-state index is 0.0124. The van der Waals surface area contributed by atoms with E-state index in [1.807, 2.05) is 0 Å². The molecule has 96 valence electrons. The molecule has 17 heavy (non-hydrogen) atoms. The third-order valence-electron chi connectivity index (χ3n) is 1.58. The zero-order valence-electron chi connectivity index (χ0n) is 9.25. The largest absolute Gasteiger partial charge is 0.464 e. The van der Waals surface area contributed by atoms with Crippen LogP contribution >= 0.6 is 0 Å². The van der Waals surface area contributed by atoms with Gasteiger partial charge in [0.25, 0.3) is 0 Å². The summed E-state index contributed by atoms with van der Waals surface area (Å²) in [5.41, 5.74) is 5.42. The predicted molar refractivity (Wildman–Crippen MR) is 61.9 cm³/mol. The van der Waals surface area contributed by atoms with E-state index in [1.54, 1.807) is 6.92 Å². The van der Waals surface area contributed by atoms with Gasteiger partial charge in [0.1, 0.15) is 0 Å². The normalized spacial score (nSPS) is 11.2. The Balaban J connectivity index is 2.64. The molecule has 0 unspecified atom stereocenters. The molecule has 9 nitrogen and oxygen atoms in total. The molecule has 0 bridgehead atoms. The second-order valence-corrected chi connectivity index (χ2v) is 4.76. The smallest absolute Gasteiger partial charge is 0.323 e. The van der Waals surface area contributed by atoms with Gasteiger partial charge in [-0.2, -0.15) is 15.0 Å². The van der Waals surface area contributed by atoms with Gasteiger partial charge in [0.15, 0.2) is 0 Å². The molecule has 1 rings (SSSR count). The van der Waals surface area contributed by atoms with E-state index in [1.165, 1.54) is 0 Å². The first-order chi connectivity index (χ1) is 7.90. The van der Waals surface area contributed by atoms with Crippen LogP contribution in [0.5, 0.6) is 6.01 Å². The molecule has 5 N–H and O–H groups in total. The maximum absolute atomic E-state index is 10.7. The number of aromatic nitrogens is 3. The number of hydrogen-bond acceptors (Lipinski definition) is 8.